The average molecular weight is 442 g/mol. The van der Waals surface area contributed by atoms with Crippen LogP contribution in [-0.4, -0.2) is 41.9 Å². The maximum absolute atomic E-state index is 12.8. The number of rotatable bonds is 7. The second-order valence-corrected chi connectivity index (χ2v) is 9.71. The second-order valence-electron chi connectivity index (χ2n) is 9.71. The van der Waals surface area contributed by atoms with Crippen LogP contribution in [0.4, 0.5) is 0 Å². The molecule has 0 aromatic heterocycles. The number of carbonyl (C=O) groups is 1. The van der Waals surface area contributed by atoms with Crippen molar-refractivity contribution in [3.63, 3.8) is 0 Å². The van der Waals surface area contributed by atoms with Gasteiger partial charge in [-0.2, -0.15) is 0 Å². The van der Waals surface area contributed by atoms with Crippen molar-refractivity contribution in [3.05, 3.63) is 83.4 Å². The van der Waals surface area contributed by atoms with Crippen molar-refractivity contribution < 1.29 is 4.79 Å². The highest BCUT2D eigenvalue weighted by Crippen LogP contribution is 2.24. The Labute approximate surface area is 197 Å². The Morgan fingerprint density at radius 1 is 0.788 bits per heavy atom. The molecule has 4 nitrogen and oxygen atoms in total. The summed E-state index contributed by atoms with van der Waals surface area (Å²) in [6, 6.07) is 23.9. The lowest BCUT2D eigenvalue weighted by molar-refractivity contribution is -0.126. The number of carbonyl (C=O) groups excluding carboxylic acids is 1. The van der Waals surface area contributed by atoms with Crippen LogP contribution in [0.1, 0.15) is 42.4 Å². The Hall–Kier alpha value is -2.69. The molecule has 3 aromatic rings. The zero-order valence-electron chi connectivity index (χ0n) is 19.5. The van der Waals surface area contributed by atoms with E-state index in [0.29, 0.717) is 6.54 Å². The van der Waals surface area contributed by atoms with Crippen LogP contribution in [0.3, 0.4) is 0 Å². The molecule has 0 unspecified atom stereocenters. The molecular weight excluding hydrogens is 406 g/mol. The summed E-state index contributed by atoms with van der Waals surface area (Å²) in [7, 11) is 0. The van der Waals surface area contributed by atoms with E-state index in [-0.39, 0.29) is 11.8 Å². The van der Waals surface area contributed by atoms with E-state index >= 15 is 0 Å². The number of hydrogen-bond acceptors (Lipinski definition) is 3. The molecule has 2 fully saturated rings. The van der Waals surface area contributed by atoms with Gasteiger partial charge in [-0.15, -0.1) is 0 Å². The minimum atomic E-state index is 0.126. The molecule has 0 radical (unpaired) electrons. The monoisotopic (exact) mass is 441 g/mol. The third-order valence-corrected chi connectivity index (χ3v) is 7.30. The van der Waals surface area contributed by atoms with Crippen LogP contribution in [0.15, 0.2) is 66.7 Å². The molecule has 0 bridgehead atoms. The zero-order valence-corrected chi connectivity index (χ0v) is 19.5. The Balaban J connectivity index is 1.10. The SMILES string of the molecule is O=C(NCc1cccc(CN2CCCC2)c1)C1CCN(Cc2cccc3ccccc23)CC1. The third kappa shape index (κ3) is 5.63. The molecule has 5 rings (SSSR count). The standard InChI is InChI=1S/C29H35N3O/c33-29(30-20-23-7-5-8-24(19-23)21-31-15-3-4-16-31)26-13-17-32(18-14-26)22-27-11-6-10-25-9-1-2-12-28(25)27/h1-2,5-12,19,26H,3-4,13-18,20-22H2,(H,30,33). The number of benzene rings is 3. The highest BCUT2D eigenvalue weighted by Gasteiger charge is 2.25. The predicted molar refractivity (Wildman–Crippen MR) is 135 cm³/mol. The van der Waals surface area contributed by atoms with E-state index in [4.69, 9.17) is 0 Å². The Morgan fingerprint density at radius 2 is 1.48 bits per heavy atom. The van der Waals surface area contributed by atoms with E-state index in [1.807, 2.05) is 0 Å². The summed E-state index contributed by atoms with van der Waals surface area (Å²) in [6.45, 7) is 6.99. The molecule has 0 atom stereocenters. The molecule has 1 N–H and O–H groups in total. The number of hydrogen-bond donors (Lipinski definition) is 1. The van der Waals surface area contributed by atoms with E-state index in [0.717, 1.165) is 39.0 Å². The second kappa shape index (κ2) is 10.5. The maximum Gasteiger partial charge on any atom is 0.223 e. The zero-order chi connectivity index (χ0) is 22.5. The van der Waals surface area contributed by atoms with Gasteiger partial charge in [-0.05, 0) is 79.3 Å². The average Bonchev–Trinajstić information content (AvgIpc) is 3.36. The molecule has 3 aromatic carbocycles. The number of likely N-dealkylation sites (tertiary alicyclic amines) is 2. The molecule has 0 saturated carbocycles. The molecule has 1 amide bonds. The Kier molecular flexibility index (Phi) is 7.03. The van der Waals surface area contributed by atoms with E-state index in [1.54, 1.807) is 0 Å². The smallest absolute Gasteiger partial charge is 0.223 e. The molecule has 33 heavy (non-hydrogen) atoms. The highest BCUT2D eigenvalue weighted by molar-refractivity contribution is 5.85. The molecule has 2 heterocycles. The van der Waals surface area contributed by atoms with Crippen molar-refractivity contribution >= 4 is 16.7 Å². The van der Waals surface area contributed by atoms with Gasteiger partial charge in [0.1, 0.15) is 0 Å². The number of piperidine rings is 1. The van der Waals surface area contributed by atoms with Crippen LogP contribution in [0.2, 0.25) is 0 Å². The lowest BCUT2D eigenvalue weighted by atomic mass is 9.95. The fourth-order valence-corrected chi connectivity index (χ4v) is 5.39. The van der Waals surface area contributed by atoms with E-state index < -0.39 is 0 Å². The van der Waals surface area contributed by atoms with Crippen molar-refractivity contribution in [2.75, 3.05) is 26.2 Å². The number of nitrogens with zero attached hydrogens (tertiary/aromatic N) is 2. The van der Waals surface area contributed by atoms with Crippen LogP contribution >= 0.6 is 0 Å². The first-order chi connectivity index (χ1) is 16.2. The van der Waals surface area contributed by atoms with Gasteiger partial charge in [0.2, 0.25) is 5.91 Å². The van der Waals surface area contributed by atoms with Gasteiger partial charge in [-0.25, -0.2) is 0 Å². The molecule has 2 aliphatic heterocycles. The molecule has 0 aliphatic carbocycles. The third-order valence-electron chi connectivity index (χ3n) is 7.30. The van der Waals surface area contributed by atoms with Crippen LogP contribution in [0, 0.1) is 5.92 Å². The van der Waals surface area contributed by atoms with Gasteiger partial charge in [0.05, 0.1) is 0 Å². The summed E-state index contributed by atoms with van der Waals surface area (Å²) < 4.78 is 0. The number of amides is 1. The molecular formula is C29H35N3O. The first-order valence-electron chi connectivity index (χ1n) is 12.5. The first-order valence-corrected chi connectivity index (χ1v) is 12.5. The van der Waals surface area contributed by atoms with Crippen molar-refractivity contribution in [1.29, 1.82) is 0 Å². The fraction of sp³-hybridized carbons (Fsp3) is 0.414. The van der Waals surface area contributed by atoms with E-state index in [2.05, 4.69) is 81.8 Å². The van der Waals surface area contributed by atoms with E-state index in [9.17, 15) is 4.79 Å². The van der Waals surface area contributed by atoms with Gasteiger partial charge in [0, 0.05) is 25.6 Å². The first kappa shape index (κ1) is 22.1. The molecule has 0 spiro atoms. The summed E-state index contributed by atoms with van der Waals surface area (Å²) in [5, 5.41) is 5.85. The van der Waals surface area contributed by atoms with Gasteiger partial charge in [-0.3, -0.25) is 14.6 Å². The van der Waals surface area contributed by atoms with Gasteiger partial charge in [0.25, 0.3) is 0 Å². The Morgan fingerprint density at radius 3 is 2.33 bits per heavy atom. The van der Waals surface area contributed by atoms with Gasteiger partial charge >= 0.3 is 0 Å². The highest BCUT2D eigenvalue weighted by atomic mass is 16.1. The summed E-state index contributed by atoms with van der Waals surface area (Å²) in [6.07, 6.45) is 4.50. The van der Waals surface area contributed by atoms with Crippen LogP contribution in [0.5, 0.6) is 0 Å². The summed E-state index contributed by atoms with van der Waals surface area (Å²) in [5.74, 6) is 0.339. The van der Waals surface area contributed by atoms with Crippen LogP contribution in [0.25, 0.3) is 10.8 Å². The molecule has 2 aliphatic rings. The van der Waals surface area contributed by atoms with Crippen LogP contribution < -0.4 is 5.32 Å². The maximum atomic E-state index is 12.8. The summed E-state index contributed by atoms with van der Waals surface area (Å²) in [5.41, 5.74) is 3.93. The summed E-state index contributed by atoms with van der Waals surface area (Å²) >= 11 is 0. The topological polar surface area (TPSA) is 35.6 Å². The van der Waals surface area contributed by atoms with Crippen molar-refractivity contribution in [1.82, 2.24) is 15.1 Å². The predicted octanol–water partition coefficient (Wildman–Crippen LogP) is 4.96. The molecule has 4 heteroatoms. The summed E-state index contributed by atoms with van der Waals surface area (Å²) in [4.78, 5) is 17.8. The molecule has 172 valence electrons. The fourth-order valence-electron chi connectivity index (χ4n) is 5.39. The van der Waals surface area contributed by atoms with Crippen molar-refractivity contribution in [2.24, 2.45) is 5.92 Å². The van der Waals surface area contributed by atoms with Crippen molar-refractivity contribution in [3.8, 4) is 0 Å². The van der Waals surface area contributed by atoms with Gasteiger partial charge in [0.15, 0.2) is 0 Å². The lowest BCUT2D eigenvalue weighted by Crippen LogP contribution is -2.40. The van der Waals surface area contributed by atoms with Crippen LogP contribution in [-0.2, 0) is 24.4 Å². The molecule has 2 saturated heterocycles. The lowest BCUT2D eigenvalue weighted by Gasteiger charge is -2.31. The van der Waals surface area contributed by atoms with Crippen molar-refractivity contribution in [2.45, 2.75) is 45.3 Å². The van der Waals surface area contributed by atoms with Gasteiger partial charge < -0.3 is 5.32 Å². The quantitative estimate of drug-likeness (QED) is 0.563. The van der Waals surface area contributed by atoms with Gasteiger partial charge in [-0.1, -0.05) is 66.7 Å². The largest absolute Gasteiger partial charge is 0.352 e. The van der Waals surface area contributed by atoms with E-state index in [1.165, 1.54) is 53.4 Å². The number of fused-ring (bicyclic) bond motifs is 1. The Bertz CT molecular complexity index is 1080. The number of nitrogens with one attached hydrogen (secondary N) is 1. The normalized spacial score (nSPS) is 18.1. The minimum absolute atomic E-state index is 0.126. The minimum Gasteiger partial charge on any atom is -0.352 e.